The van der Waals surface area contributed by atoms with Crippen LogP contribution in [-0.4, -0.2) is 21.6 Å². The Hall–Kier alpha value is -2.17. The molecule has 0 aliphatic carbocycles. The number of carbonyl (C=O) groups excluding carboxylic acids is 2. The van der Waals surface area contributed by atoms with E-state index >= 15 is 0 Å². The fourth-order valence-corrected chi connectivity index (χ4v) is 2.62. The van der Waals surface area contributed by atoms with Crippen molar-refractivity contribution in [3.63, 3.8) is 0 Å². The summed E-state index contributed by atoms with van der Waals surface area (Å²) < 4.78 is 1.79. The van der Waals surface area contributed by atoms with Crippen molar-refractivity contribution in [2.75, 3.05) is 0 Å². The molecule has 0 radical (unpaired) electrons. The molecule has 0 bridgehead atoms. The molecule has 1 aromatic carbocycles. The lowest BCUT2D eigenvalue weighted by Gasteiger charge is -2.19. The molecule has 0 spiro atoms. The molecule has 2 aromatic rings. The van der Waals surface area contributed by atoms with Crippen molar-refractivity contribution < 1.29 is 9.59 Å². The third kappa shape index (κ3) is 1.91. The van der Waals surface area contributed by atoms with Gasteiger partial charge in [0.1, 0.15) is 0 Å². The first-order chi connectivity index (χ1) is 9.06. The maximum atomic E-state index is 12.0. The lowest BCUT2D eigenvalue weighted by molar-refractivity contribution is -0.134. The minimum atomic E-state index is -0.330. The van der Waals surface area contributed by atoms with Gasteiger partial charge in [-0.15, -0.1) is 0 Å². The van der Waals surface area contributed by atoms with Gasteiger partial charge in [-0.05, 0) is 25.5 Å². The number of hydrogen-bond acceptors (Lipinski definition) is 3. The monoisotopic (exact) mass is 257 g/mol. The van der Waals surface area contributed by atoms with Gasteiger partial charge in [-0.1, -0.05) is 11.6 Å². The van der Waals surface area contributed by atoms with Crippen LogP contribution in [-0.2, 0) is 16.6 Å². The van der Waals surface area contributed by atoms with Gasteiger partial charge in [0.2, 0.25) is 11.8 Å². The molecule has 0 saturated carbocycles. The molecule has 1 fully saturated rings. The van der Waals surface area contributed by atoms with Crippen LogP contribution >= 0.6 is 0 Å². The van der Waals surface area contributed by atoms with E-state index in [1.165, 1.54) is 0 Å². The van der Waals surface area contributed by atoms with Crippen LogP contribution in [0.3, 0.4) is 0 Å². The number of fused-ring (bicyclic) bond motifs is 1. The van der Waals surface area contributed by atoms with Crippen molar-refractivity contribution >= 4 is 22.7 Å². The van der Waals surface area contributed by atoms with E-state index in [4.69, 9.17) is 0 Å². The third-order valence-corrected chi connectivity index (χ3v) is 3.60. The van der Waals surface area contributed by atoms with E-state index in [1.807, 2.05) is 32.2 Å². The number of benzene rings is 1. The van der Waals surface area contributed by atoms with Crippen LogP contribution in [0.5, 0.6) is 0 Å². The van der Waals surface area contributed by atoms with Gasteiger partial charge < -0.3 is 0 Å². The van der Waals surface area contributed by atoms with Crippen molar-refractivity contribution in [1.29, 1.82) is 0 Å². The molecule has 1 N–H and O–H groups in total. The summed E-state index contributed by atoms with van der Waals surface area (Å²) in [4.78, 5) is 23.2. The summed E-state index contributed by atoms with van der Waals surface area (Å²) in [6.45, 7) is 2.01. The van der Waals surface area contributed by atoms with E-state index in [0.717, 1.165) is 22.2 Å². The van der Waals surface area contributed by atoms with E-state index in [9.17, 15) is 9.59 Å². The quantitative estimate of drug-likeness (QED) is 0.785. The molecule has 5 heteroatoms. The smallest absolute Gasteiger partial charge is 0.235 e. The largest absolute Gasteiger partial charge is 0.296 e. The molecular formula is C14H15N3O2. The minimum absolute atomic E-state index is 0.197. The molecule has 5 nitrogen and oxygen atoms in total. The number of nitrogens with one attached hydrogen (secondary N) is 1. The molecule has 98 valence electrons. The fourth-order valence-electron chi connectivity index (χ4n) is 2.62. The molecule has 3 rings (SSSR count). The number of carbonyl (C=O) groups is 2. The summed E-state index contributed by atoms with van der Waals surface area (Å²) >= 11 is 0. The zero-order valence-electron chi connectivity index (χ0n) is 10.9. The summed E-state index contributed by atoms with van der Waals surface area (Å²) in [5, 5.41) is 7.86. The molecular weight excluding hydrogens is 242 g/mol. The number of aromatic nitrogens is 2. The number of hydrogen-bond donors (Lipinski definition) is 1. The van der Waals surface area contributed by atoms with Crippen LogP contribution in [0.25, 0.3) is 10.9 Å². The Labute approximate surface area is 110 Å². The SMILES string of the molecule is Cc1ccc2c(c1)c(C1CCC(=O)NC1=O)nn2C. The van der Waals surface area contributed by atoms with Gasteiger partial charge in [0, 0.05) is 18.9 Å². The summed E-state index contributed by atoms with van der Waals surface area (Å²) in [6, 6.07) is 6.08. The standard InChI is InChI=1S/C14H15N3O2/c1-8-3-5-11-10(7-8)13(16-17(11)2)9-4-6-12(18)15-14(9)19/h3,5,7,9H,4,6H2,1-2H3,(H,15,18,19). The number of nitrogens with zero attached hydrogens (tertiary/aromatic N) is 2. The van der Waals surface area contributed by atoms with E-state index in [0.29, 0.717) is 12.8 Å². The Morgan fingerprint density at radius 3 is 2.89 bits per heavy atom. The Morgan fingerprint density at radius 1 is 1.37 bits per heavy atom. The Kier molecular flexibility index (Phi) is 2.62. The predicted molar refractivity (Wildman–Crippen MR) is 70.6 cm³/mol. The molecule has 2 heterocycles. The number of amides is 2. The summed E-state index contributed by atoms with van der Waals surface area (Å²) in [5.74, 6) is -0.765. The lowest BCUT2D eigenvalue weighted by atomic mass is 9.92. The second-order valence-electron chi connectivity index (χ2n) is 5.03. The highest BCUT2D eigenvalue weighted by Crippen LogP contribution is 2.30. The number of imide groups is 1. The third-order valence-electron chi connectivity index (χ3n) is 3.60. The van der Waals surface area contributed by atoms with Gasteiger partial charge in [-0.2, -0.15) is 5.10 Å². The van der Waals surface area contributed by atoms with Crippen LogP contribution in [0.4, 0.5) is 0 Å². The number of rotatable bonds is 1. The van der Waals surface area contributed by atoms with Crippen LogP contribution in [0.15, 0.2) is 18.2 Å². The summed E-state index contributed by atoms with van der Waals surface area (Å²) in [7, 11) is 1.87. The molecule has 1 aliphatic heterocycles. The zero-order valence-corrected chi connectivity index (χ0v) is 10.9. The Morgan fingerprint density at radius 2 is 2.16 bits per heavy atom. The predicted octanol–water partition coefficient (Wildman–Crippen LogP) is 1.40. The van der Waals surface area contributed by atoms with Gasteiger partial charge in [-0.3, -0.25) is 19.6 Å². The number of piperidine rings is 1. The highest BCUT2D eigenvalue weighted by Gasteiger charge is 2.31. The lowest BCUT2D eigenvalue weighted by Crippen LogP contribution is -2.39. The van der Waals surface area contributed by atoms with Gasteiger partial charge in [0.05, 0.1) is 17.1 Å². The van der Waals surface area contributed by atoms with Gasteiger partial charge in [-0.25, -0.2) is 0 Å². The summed E-state index contributed by atoms with van der Waals surface area (Å²) in [6.07, 6.45) is 0.908. The molecule has 1 aromatic heterocycles. The molecule has 1 saturated heterocycles. The number of aryl methyl sites for hydroxylation is 2. The molecule has 2 amide bonds. The van der Waals surface area contributed by atoms with E-state index in [1.54, 1.807) is 4.68 Å². The maximum absolute atomic E-state index is 12.0. The minimum Gasteiger partial charge on any atom is -0.296 e. The van der Waals surface area contributed by atoms with E-state index < -0.39 is 0 Å². The highest BCUT2D eigenvalue weighted by atomic mass is 16.2. The fraction of sp³-hybridized carbons (Fsp3) is 0.357. The van der Waals surface area contributed by atoms with E-state index in [-0.39, 0.29) is 17.7 Å². The van der Waals surface area contributed by atoms with Crippen LogP contribution in [0, 0.1) is 6.92 Å². The highest BCUT2D eigenvalue weighted by molar-refractivity contribution is 6.02. The Balaban J connectivity index is 2.12. The molecule has 19 heavy (non-hydrogen) atoms. The van der Waals surface area contributed by atoms with Gasteiger partial charge in [0.15, 0.2) is 0 Å². The van der Waals surface area contributed by atoms with Crippen LogP contribution in [0.2, 0.25) is 0 Å². The van der Waals surface area contributed by atoms with Crippen molar-refractivity contribution in [3.8, 4) is 0 Å². The second kappa shape index (κ2) is 4.19. The first-order valence-electron chi connectivity index (χ1n) is 6.33. The van der Waals surface area contributed by atoms with Gasteiger partial charge >= 0.3 is 0 Å². The first-order valence-corrected chi connectivity index (χ1v) is 6.33. The topological polar surface area (TPSA) is 64.0 Å². The van der Waals surface area contributed by atoms with Crippen molar-refractivity contribution in [1.82, 2.24) is 15.1 Å². The average molecular weight is 257 g/mol. The van der Waals surface area contributed by atoms with Crippen LogP contribution < -0.4 is 5.32 Å². The zero-order chi connectivity index (χ0) is 13.6. The maximum Gasteiger partial charge on any atom is 0.235 e. The first kappa shape index (κ1) is 11.9. The second-order valence-corrected chi connectivity index (χ2v) is 5.03. The van der Waals surface area contributed by atoms with E-state index in [2.05, 4.69) is 10.4 Å². The average Bonchev–Trinajstić information content (AvgIpc) is 2.66. The molecule has 1 unspecified atom stereocenters. The van der Waals surface area contributed by atoms with Crippen molar-refractivity contribution in [3.05, 3.63) is 29.5 Å². The Bertz CT molecular complexity index is 687. The normalized spacial score (nSPS) is 19.8. The summed E-state index contributed by atoms with van der Waals surface area (Å²) in [5.41, 5.74) is 2.91. The molecule has 1 atom stereocenters. The van der Waals surface area contributed by atoms with Crippen molar-refractivity contribution in [2.45, 2.75) is 25.7 Å². The molecule has 1 aliphatic rings. The van der Waals surface area contributed by atoms with Gasteiger partial charge in [0.25, 0.3) is 0 Å². The van der Waals surface area contributed by atoms with Crippen LogP contribution in [0.1, 0.15) is 30.0 Å². The van der Waals surface area contributed by atoms with Crippen molar-refractivity contribution in [2.24, 2.45) is 7.05 Å².